The number of aromatic amines is 1. The summed E-state index contributed by atoms with van der Waals surface area (Å²) in [7, 11) is 3.34. The number of nitrogens with one attached hydrogen (secondary N) is 1. The zero-order valence-electron chi connectivity index (χ0n) is 14.8. The number of alkyl halides is 3. The molecule has 0 spiro atoms. The average Bonchev–Trinajstić information content (AvgIpc) is 3.05. The molecule has 144 valence electrons. The summed E-state index contributed by atoms with van der Waals surface area (Å²) < 4.78 is 44.5. The standard InChI is InChI=1S/C18H19F3N3OS2/c1-3-26-27-10-15-12(2)16(25-11-18(19,20)21)8-9-24(15)17-22-13-6-4-5-7-14(13)23-17/h4-9H,3,10-11H2,1-2H3,(H,22,23)/q+1. The molecule has 27 heavy (non-hydrogen) atoms. The van der Waals surface area contributed by atoms with Crippen molar-refractivity contribution in [2.75, 3.05) is 12.4 Å². The van der Waals surface area contributed by atoms with Crippen LogP contribution in [-0.2, 0) is 5.75 Å². The zero-order chi connectivity index (χ0) is 19.4. The van der Waals surface area contributed by atoms with Crippen molar-refractivity contribution in [1.82, 2.24) is 9.97 Å². The van der Waals surface area contributed by atoms with Crippen LogP contribution in [0.2, 0.25) is 0 Å². The summed E-state index contributed by atoms with van der Waals surface area (Å²) in [5.74, 6) is 2.42. The number of pyridine rings is 1. The van der Waals surface area contributed by atoms with Crippen LogP contribution in [0.3, 0.4) is 0 Å². The molecular formula is C18H19F3N3OS2+. The number of halogens is 3. The van der Waals surface area contributed by atoms with Gasteiger partial charge in [-0.1, -0.05) is 45.6 Å². The molecule has 0 amide bonds. The smallest absolute Gasteiger partial charge is 0.422 e. The van der Waals surface area contributed by atoms with Gasteiger partial charge >= 0.3 is 12.1 Å². The Morgan fingerprint density at radius 1 is 1.19 bits per heavy atom. The van der Waals surface area contributed by atoms with Crippen LogP contribution in [-0.4, -0.2) is 28.5 Å². The molecule has 0 aliphatic heterocycles. The highest BCUT2D eigenvalue weighted by Gasteiger charge is 2.29. The second-order valence-corrected chi connectivity index (χ2v) is 8.52. The van der Waals surface area contributed by atoms with Gasteiger partial charge in [0.2, 0.25) is 0 Å². The molecule has 2 aromatic heterocycles. The van der Waals surface area contributed by atoms with Gasteiger partial charge in [0.15, 0.2) is 12.1 Å². The van der Waals surface area contributed by atoms with Gasteiger partial charge in [0.05, 0.1) is 11.9 Å². The summed E-state index contributed by atoms with van der Waals surface area (Å²) in [5, 5.41) is 0. The Hall–Kier alpha value is -1.87. The summed E-state index contributed by atoms with van der Waals surface area (Å²) in [6, 6.07) is 9.22. The first kappa shape index (κ1) is 19.9. The third-order valence-electron chi connectivity index (χ3n) is 3.86. The predicted octanol–water partition coefficient (Wildman–Crippen LogP) is 4.99. The van der Waals surface area contributed by atoms with Crippen LogP contribution in [0.25, 0.3) is 17.0 Å². The molecule has 0 fully saturated rings. The number of fused-ring (bicyclic) bond motifs is 1. The Labute approximate surface area is 162 Å². The van der Waals surface area contributed by atoms with E-state index in [0.29, 0.717) is 17.3 Å². The summed E-state index contributed by atoms with van der Waals surface area (Å²) in [5.41, 5.74) is 3.25. The van der Waals surface area contributed by atoms with Crippen LogP contribution >= 0.6 is 21.6 Å². The average molecular weight is 414 g/mol. The monoisotopic (exact) mass is 414 g/mol. The Morgan fingerprint density at radius 3 is 2.67 bits per heavy atom. The normalized spacial score (nSPS) is 11.9. The van der Waals surface area contributed by atoms with E-state index < -0.39 is 12.8 Å². The van der Waals surface area contributed by atoms with Gasteiger partial charge in [0.1, 0.15) is 17.0 Å². The molecular weight excluding hydrogens is 395 g/mol. The molecule has 3 rings (SSSR count). The predicted molar refractivity (Wildman–Crippen MR) is 103 cm³/mol. The van der Waals surface area contributed by atoms with Crippen molar-refractivity contribution < 1.29 is 22.5 Å². The molecule has 0 unspecified atom stereocenters. The van der Waals surface area contributed by atoms with E-state index in [4.69, 9.17) is 4.74 Å². The maximum Gasteiger partial charge on any atom is 0.422 e. The summed E-state index contributed by atoms with van der Waals surface area (Å²) in [6.07, 6.45) is -2.67. The lowest BCUT2D eigenvalue weighted by Crippen LogP contribution is -2.37. The molecule has 2 heterocycles. The SMILES string of the molecule is CCSSCc1c(C)c(OCC(F)(F)F)cc[n+]1-c1nc2ccccc2[nH]1. The van der Waals surface area contributed by atoms with Gasteiger partial charge in [0, 0.05) is 17.4 Å². The molecule has 0 aliphatic carbocycles. The van der Waals surface area contributed by atoms with E-state index in [2.05, 4.69) is 16.9 Å². The number of imidazole rings is 1. The highest BCUT2D eigenvalue weighted by Crippen LogP contribution is 2.29. The quantitative estimate of drug-likeness (QED) is 0.336. The third-order valence-corrected chi connectivity index (χ3v) is 6.22. The minimum atomic E-state index is -4.37. The molecule has 4 nitrogen and oxygen atoms in total. The maximum absolute atomic E-state index is 12.5. The molecule has 9 heteroatoms. The van der Waals surface area contributed by atoms with Gasteiger partial charge in [-0.05, 0) is 19.1 Å². The number of hydrogen-bond donors (Lipinski definition) is 1. The maximum atomic E-state index is 12.5. The van der Waals surface area contributed by atoms with Crippen LogP contribution < -0.4 is 9.30 Å². The van der Waals surface area contributed by atoms with Crippen LogP contribution in [0, 0.1) is 6.92 Å². The van der Waals surface area contributed by atoms with E-state index in [-0.39, 0.29) is 5.75 Å². The minimum absolute atomic E-state index is 0.233. The first-order chi connectivity index (χ1) is 12.9. The molecule has 0 saturated carbocycles. The van der Waals surface area contributed by atoms with E-state index in [0.717, 1.165) is 22.5 Å². The molecule has 0 radical (unpaired) electrons. The van der Waals surface area contributed by atoms with E-state index in [1.165, 1.54) is 0 Å². The van der Waals surface area contributed by atoms with Gasteiger partial charge in [0.25, 0.3) is 0 Å². The molecule has 0 bridgehead atoms. The molecule has 1 aromatic carbocycles. The number of aromatic nitrogens is 3. The van der Waals surface area contributed by atoms with E-state index in [1.807, 2.05) is 28.8 Å². The topological polar surface area (TPSA) is 41.8 Å². The summed E-state index contributed by atoms with van der Waals surface area (Å²) in [6.45, 7) is 2.52. The molecule has 0 saturated heterocycles. The fourth-order valence-corrected chi connectivity index (χ4v) is 4.41. The van der Waals surface area contributed by atoms with Crippen molar-refractivity contribution in [1.29, 1.82) is 0 Å². The van der Waals surface area contributed by atoms with Crippen LogP contribution in [0.1, 0.15) is 18.2 Å². The first-order valence-electron chi connectivity index (χ1n) is 8.32. The van der Waals surface area contributed by atoms with Gasteiger partial charge in [-0.3, -0.25) is 0 Å². The van der Waals surface area contributed by atoms with Crippen molar-refractivity contribution in [3.05, 3.63) is 47.8 Å². The number of ether oxygens (including phenoxy) is 1. The van der Waals surface area contributed by atoms with Crippen molar-refractivity contribution in [2.45, 2.75) is 25.8 Å². The van der Waals surface area contributed by atoms with Gasteiger partial charge in [-0.2, -0.15) is 13.2 Å². The number of hydrogen-bond acceptors (Lipinski definition) is 4. The van der Waals surface area contributed by atoms with E-state index in [1.54, 1.807) is 40.8 Å². The number of H-pyrrole nitrogens is 1. The molecule has 1 N–H and O–H groups in total. The largest absolute Gasteiger partial charge is 0.484 e. The van der Waals surface area contributed by atoms with Gasteiger partial charge in [-0.15, -0.1) is 0 Å². The highest BCUT2D eigenvalue weighted by molar-refractivity contribution is 8.76. The Balaban J connectivity index is 1.99. The number of benzene rings is 1. The lowest BCUT2D eigenvalue weighted by atomic mass is 10.2. The zero-order valence-corrected chi connectivity index (χ0v) is 16.5. The Morgan fingerprint density at radius 2 is 1.96 bits per heavy atom. The van der Waals surface area contributed by atoms with Crippen molar-refractivity contribution >= 4 is 32.6 Å². The van der Waals surface area contributed by atoms with Crippen LogP contribution in [0.15, 0.2) is 36.5 Å². The van der Waals surface area contributed by atoms with E-state index in [9.17, 15) is 13.2 Å². The Bertz CT molecular complexity index is 895. The fourth-order valence-electron chi connectivity index (χ4n) is 2.61. The van der Waals surface area contributed by atoms with Crippen LogP contribution in [0.5, 0.6) is 5.75 Å². The molecule has 0 aliphatic rings. The summed E-state index contributed by atoms with van der Waals surface area (Å²) in [4.78, 5) is 7.86. The second kappa shape index (κ2) is 8.43. The highest BCUT2D eigenvalue weighted by atomic mass is 33.1. The van der Waals surface area contributed by atoms with Gasteiger partial charge in [-0.25, -0.2) is 9.55 Å². The minimum Gasteiger partial charge on any atom is -0.484 e. The molecule has 3 aromatic rings. The van der Waals surface area contributed by atoms with Crippen molar-refractivity contribution in [2.24, 2.45) is 0 Å². The molecule has 0 atom stereocenters. The lowest BCUT2D eigenvalue weighted by Gasteiger charge is -2.15. The third kappa shape index (κ3) is 4.90. The number of rotatable bonds is 7. The van der Waals surface area contributed by atoms with Gasteiger partial charge < -0.3 is 4.74 Å². The second-order valence-electron chi connectivity index (χ2n) is 5.77. The fraction of sp³-hybridized carbons (Fsp3) is 0.333. The van der Waals surface area contributed by atoms with Crippen LogP contribution in [0.4, 0.5) is 13.2 Å². The lowest BCUT2D eigenvalue weighted by molar-refractivity contribution is -0.610. The summed E-state index contributed by atoms with van der Waals surface area (Å²) >= 11 is 0. The van der Waals surface area contributed by atoms with E-state index >= 15 is 0 Å². The van der Waals surface area contributed by atoms with Crippen molar-refractivity contribution in [3.63, 3.8) is 0 Å². The first-order valence-corrected chi connectivity index (χ1v) is 10.8. The number of para-hydroxylation sites is 2. The van der Waals surface area contributed by atoms with Crippen molar-refractivity contribution in [3.8, 4) is 11.7 Å². The number of nitrogens with zero attached hydrogens (tertiary/aromatic N) is 2. The Kier molecular flexibility index (Phi) is 6.21.